The van der Waals surface area contributed by atoms with Gasteiger partial charge < -0.3 is 14.7 Å². The van der Waals surface area contributed by atoms with Crippen LogP contribution in [0.5, 0.6) is 0 Å². The van der Waals surface area contributed by atoms with E-state index >= 15 is 0 Å². The summed E-state index contributed by atoms with van der Waals surface area (Å²) in [6, 6.07) is 8.89. The summed E-state index contributed by atoms with van der Waals surface area (Å²) >= 11 is 0. The van der Waals surface area contributed by atoms with Crippen LogP contribution in [0.4, 0.5) is 5.69 Å². The maximum absolute atomic E-state index is 12.1. The molecule has 6 nitrogen and oxygen atoms in total. The van der Waals surface area contributed by atoms with E-state index in [9.17, 15) is 9.59 Å². The summed E-state index contributed by atoms with van der Waals surface area (Å²) in [6.07, 6.45) is 0. The topological polar surface area (TPSA) is 75.4 Å². The van der Waals surface area contributed by atoms with Crippen LogP contribution >= 0.6 is 0 Å². The van der Waals surface area contributed by atoms with Crippen LogP contribution in [-0.4, -0.2) is 28.9 Å². The van der Waals surface area contributed by atoms with E-state index < -0.39 is 0 Å². The molecule has 1 aromatic carbocycles. The molecule has 2 rings (SSSR count). The Bertz CT molecular complexity index is 664. The lowest BCUT2D eigenvalue weighted by Crippen LogP contribution is -2.24. The van der Waals surface area contributed by atoms with Gasteiger partial charge in [-0.05, 0) is 18.6 Å². The smallest absolute Gasteiger partial charge is 0.294 e. The molecule has 0 saturated heterocycles. The number of benzene rings is 1. The Morgan fingerprint density at radius 3 is 2.67 bits per heavy atom. The summed E-state index contributed by atoms with van der Waals surface area (Å²) < 4.78 is 4.93. The normalized spacial score (nSPS) is 10.2. The van der Waals surface area contributed by atoms with Gasteiger partial charge in [0.1, 0.15) is 0 Å². The second-order valence-corrected chi connectivity index (χ2v) is 4.82. The quantitative estimate of drug-likeness (QED) is 0.935. The molecule has 21 heavy (non-hydrogen) atoms. The Kier molecular flexibility index (Phi) is 4.37. The monoisotopic (exact) mass is 287 g/mol. The van der Waals surface area contributed by atoms with Gasteiger partial charge in [-0.3, -0.25) is 9.59 Å². The number of aromatic nitrogens is 1. The van der Waals surface area contributed by atoms with Crippen LogP contribution in [0.15, 0.2) is 34.9 Å². The molecule has 110 valence electrons. The molecule has 2 amide bonds. The Labute approximate surface area is 122 Å². The van der Waals surface area contributed by atoms with Crippen LogP contribution in [0.25, 0.3) is 0 Å². The fraction of sp³-hybridized carbons (Fsp3) is 0.267. The number of carbonyl (C=O) groups excluding carboxylic acids is 2. The molecular formula is C15H17N3O3. The van der Waals surface area contributed by atoms with Gasteiger partial charge in [0.05, 0.1) is 5.69 Å². The van der Waals surface area contributed by atoms with Crippen molar-refractivity contribution >= 4 is 17.5 Å². The van der Waals surface area contributed by atoms with E-state index in [0.717, 1.165) is 5.56 Å². The number of nitrogens with zero attached hydrogens (tertiary/aromatic N) is 2. The van der Waals surface area contributed by atoms with Gasteiger partial charge >= 0.3 is 0 Å². The number of hydrogen-bond acceptors (Lipinski definition) is 4. The van der Waals surface area contributed by atoms with Gasteiger partial charge in [-0.1, -0.05) is 23.4 Å². The minimum absolute atomic E-state index is 0.0398. The highest BCUT2D eigenvalue weighted by Gasteiger charge is 2.14. The molecule has 1 heterocycles. The summed E-state index contributed by atoms with van der Waals surface area (Å²) in [5.74, 6) is -0.252. The maximum atomic E-state index is 12.1. The van der Waals surface area contributed by atoms with Crippen molar-refractivity contribution in [2.75, 3.05) is 12.4 Å². The second kappa shape index (κ2) is 6.21. The first-order valence-corrected chi connectivity index (χ1v) is 6.51. The van der Waals surface area contributed by atoms with E-state index in [1.807, 2.05) is 18.2 Å². The van der Waals surface area contributed by atoms with Gasteiger partial charge in [0.15, 0.2) is 0 Å². The molecule has 0 saturated carbocycles. The average molecular weight is 287 g/mol. The number of para-hydroxylation sites is 1. The van der Waals surface area contributed by atoms with Crippen molar-refractivity contribution in [1.82, 2.24) is 10.1 Å². The highest BCUT2D eigenvalue weighted by molar-refractivity contribution is 6.02. The molecule has 0 aliphatic rings. The zero-order valence-corrected chi connectivity index (χ0v) is 12.2. The van der Waals surface area contributed by atoms with E-state index in [-0.39, 0.29) is 17.6 Å². The number of hydrogen-bond donors (Lipinski definition) is 1. The average Bonchev–Trinajstić information content (AvgIpc) is 2.87. The van der Waals surface area contributed by atoms with Gasteiger partial charge in [0, 0.05) is 32.3 Å². The zero-order chi connectivity index (χ0) is 15.4. The number of aryl methyl sites for hydroxylation is 1. The first kappa shape index (κ1) is 14.8. The Balaban J connectivity index is 2.16. The molecule has 0 atom stereocenters. The molecule has 0 radical (unpaired) electrons. The largest absolute Gasteiger partial charge is 0.351 e. The van der Waals surface area contributed by atoms with E-state index in [4.69, 9.17) is 4.52 Å². The molecular weight excluding hydrogens is 270 g/mol. The molecule has 0 spiro atoms. The van der Waals surface area contributed by atoms with Gasteiger partial charge in [-0.2, -0.15) is 0 Å². The Morgan fingerprint density at radius 2 is 2.05 bits per heavy atom. The lowest BCUT2D eigenvalue weighted by molar-refractivity contribution is -0.128. The van der Waals surface area contributed by atoms with Crippen LogP contribution in [0.1, 0.15) is 28.7 Å². The van der Waals surface area contributed by atoms with Gasteiger partial charge in [-0.15, -0.1) is 0 Å². The maximum Gasteiger partial charge on any atom is 0.294 e. The highest BCUT2D eigenvalue weighted by Crippen LogP contribution is 2.18. The van der Waals surface area contributed by atoms with Gasteiger partial charge in [-0.25, -0.2) is 0 Å². The Hall–Kier alpha value is -2.63. The molecule has 0 aliphatic heterocycles. The molecule has 2 aromatic rings. The van der Waals surface area contributed by atoms with Crippen molar-refractivity contribution in [2.45, 2.75) is 20.4 Å². The molecule has 0 bridgehead atoms. The standard InChI is InChI=1S/C15H17N3O3/c1-10-8-14(21-17-10)15(20)16-13-7-5-4-6-12(13)9-18(3)11(2)19/h4-8H,9H2,1-3H3,(H,16,20). The summed E-state index contributed by atoms with van der Waals surface area (Å²) in [6.45, 7) is 3.66. The summed E-state index contributed by atoms with van der Waals surface area (Å²) in [4.78, 5) is 25.0. The fourth-order valence-electron chi connectivity index (χ4n) is 1.80. The van der Waals surface area contributed by atoms with Crippen molar-refractivity contribution < 1.29 is 14.1 Å². The van der Waals surface area contributed by atoms with Crippen molar-refractivity contribution in [3.05, 3.63) is 47.3 Å². The molecule has 0 unspecified atom stereocenters. The third-order valence-corrected chi connectivity index (χ3v) is 3.06. The van der Waals surface area contributed by atoms with Crippen LogP contribution in [0, 0.1) is 6.92 Å². The predicted molar refractivity (Wildman–Crippen MR) is 77.8 cm³/mol. The predicted octanol–water partition coefficient (Wildman–Crippen LogP) is 2.21. The van der Waals surface area contributed by atoms with E-state index in [2.05, 4.69) is 10.5 Å². The number of rotatable bonds is 4. The van der Waals surface area contributed by atoms with Crippen LogP contribution in [0.2, 0.25) is 0 Å². The van der Waals surface area contributed by atoms with E-state index in [1.54, 1.807) is 31.0 Å². The number of nitrogens with one attached hydrogen (secondary N) is 1. The van der Waals surface area contributed by atoms with Crippen molar-refractivity contribution in [3.63, 3.8) is 0 Å². The first-order chi connectivity index (χ1) is 9.97. The van der Waals surface area contributed by atoms with Crippen LogP contribution in [-0.2, 0) is 11.3 Å². The van der Waals surface area contributed by atoms with Crippen LogP contribution in [0.3, 0.4) is 0 Å². The SMILES string of the molecule is CC(=O)N(C)Cc1ccccc1NC(=O)c1cc(C)no1. The van der Waals surface area contributed by atoms with E-state index in [0.29, 0.717) is 17.9 Å². The summed E-state index contributed by atoms with van der Waals surface area (Å²) in [5, 5.41) is 6.46. The van der Waals surface area contributed by atoms with E-state index in [1.165, 1.54) is 6.92 Å². The molecule has 0 aliphatic carbocycles. The number of amides is 2. The minimum Gasteiger partial charge on any atom is -0.351 e. The molecule has 1 N–H and O–H groups in total. The summed E-state index contributed by atoms with van der Waals surface area (Å²) in [7, 11) is 1.71. The lowest BCUT2D eigenvalue weighted by atomic mass is 10.1. The number of carbonyl (C=O) groups is 2. The van der Waals surface area contributed by atoms with Crippen molar-refractivity contribution in [2.24, 2.45) is 0 Å². The van der Waals surface area contributed by atoms with Gasteiger partial charge in [0.25, 0.3) is 5.91 Å². The Morgan fingerprint density at radius 1 is 1.33 bits per heavy atom. The number of anilines is 1. The lowest BCUT2D eigenvalue weighted by Gasteiger charge is -2.17. The van der Waals surface area contributed by atoms with Gasteiger partial charge in [0.2, 0.25) is 11.7 Å². The molecule has 0 fully saturated rings. The summed E-state index contributed by atoms with van der Waals surface area (Å²) in [5.41, 5.74) is 2.13. The highest BCUT2D eigenvalue weighted by atomic mass is 16.5. The molecule has 6 heteroatoms. The molecule has 1 aromatic heterocycles. The fourth-order valence-corrected chi connectivity index (χ4v) is 1.80. The third-order valence-electron chi connectivity index (χ3n) is 3.06. The zero-order valence-electron chi connectivity index (χ0n) is 12.2. The second-order valence-electron chi connectivity index (χ2n) is 4.82. The minimum atomic E-state index is -0.367. The van der Waals surface area contributed by atoms with Crippen LogP contribution < -0.4 is 5.32 Å². The first-order valence-electron chi connectivity index (χ1n) is 6.51. The third kappa shape index (κ3) is 3.68. The van der Waals surface area contributed by atoms with Crippen molar-refractivity contribution in [3.8, 4) is 0 Å². The van der Waals surface area contributed by atoms with Crippen molar-refractivity contribution in [1.29, 1.82) is 0 Å².